The number of benzene rings is 1. The van der Waals surface area contributed by atoms with E-state index in [0.717, 1.165) is 12.8 Å². The molecule has 1 aromatic rings. The number of carbonyl (C=O) groups is 1. The number of aliphatic carboxylic acids is 1. The molecule has 1 N–H and O–H groups in total. The van der Waals surface area contributed by atoms with E-state index in [4.69, 9.17) is 9.47 Å². The lowest BCUT2D eigenvalue weighted by Gasteiger charge is -2.30. The van der Waals surface area contributed by atoms with E-state index in [1.165, 1.54) is 18.2 Å². The average Bonchev–Trinajstić information content (AvgIpc) is 2.84. The third-order valence-electron chi connectivity index (χ3n) is 4.22. The number of carboxylic acids is 1. The molecular weight excluding hydrogens is 310 g/mol. The first kappa shape index (κ1) is 16.1. The van der Waals surface area contributed by atoms with E-state index in [1.807, 2.05) is 0 Å². The highest BCUT2D eigenvalue weighted by atomic mass is 19.3. The SMILES string of the molecule is O=C(O)C(O[C@@H]1C[C@H]2CC[C@@H](C1)O2)c1ccccc1OC(F)F. The predicted octanol–water partition coefficient (Wildman–Crippen LogP) is 3.14. The lowest BCUT2D eigenvalue weighted by molar-refractivity contribution is -0.163. The molecule has 5 nitrogen and oxygen atoms in total. The number of hydrogen-bond donors (Lipinski definition) is 1. The van der Waals surface area contributed by atoms with Crippen LogP contribution in [0.2, 0.25) is 0 Å². The van der Waals surface area contributed by atoms with E-state index < -0.39 is 18.7 Å². The van der Waals surface area contributed by atoms with Gasteiger partial charge in [0.2, 0.25) is 0 Å². The molecule has 0 amide bonds. The van der Waals surface area contributed by atoms with Gasteiger partial charge in [-0.1, -0.05) is 18.2 Å². The van der Waals surface area contributed by atoms with Crippen molar-refractivity contribution in [1.82, 2.24) is 0 Å². The Balaban J connectivity index is 1.78. The fourth-order valence-electron chi connectivity index (χ4n) is 3.28. The van der Waals surface area contributed by atoms with Gasteiger partial charge in [0.15, 0.2) is 6.10 Å². The van der Waals surface area contributed by atoms with E-state index >= 15 is 0 Å². The van der Waals surface area contributed by atoms with Gasteiger partial charge in [0.1, 0.15) is 5.75 Å². The largest absolute Gasteiger partial charge is 0.479 e. The molecule has 1 aromatic carbocycles. The monoisotopic (exact) mass is 328 g/mol. The second kappa shape index (κ2) is 6.80. The number of alkyl halides is 2. The molecule has 0 spiro atoms. The van der Waals surface area contributed by atoms with Gasteiger partial charge < -0.3 is 19.3 Å². The van der Waals surface area contributed by atoms with Crippen LogP contribution in [-0.4, -0.2) is 36.0 Å². The van der Waals surface area contributed by atoms with Crippen LogP contribution in [0, 0.1) is 0 Å². The molecule has 3 rings (SSSR count). The van der Waals surface area contributed by atoms with E-state index in [0.29, 0.717) is 12.8 Å². The van der Waals surface area contributed by atoms with E-state index in [-0.39, 0.29) is 29.6 Å². The molecule has 0 aromatic heterocycles. The number of halogens is 2. The first-order chi connectivity index (χ1) is 11.0. The molecule has 0 saturated carbocycles. The summed E-state index contributed by atoms with van der Waals surface area (Å²) in [5.41, 5.74) is 0.0964. The molecule has 7 heteroatoms. The van der Waals surface area contributed by atoms with Gasteiger partial charge in [-0.25, -0.2) is 4.79 Å². The summed E-state index contributed by atoms with van der Waals surface area (Å²) in [4.78, 5) is 11.6. The van der Waals surface area contributed by atoms with Crippen molar-refractivity contribution in [1.29, 1.82) is 0 Å². The number of rotatable bonds is 6. The minimum Gasteiger partial charge on any atom is -0.479 e. The molecule has 2 aliphatic rings. The van der Waals surface area contributed by atoms with Crippen molar-refractivity contribution in [2.45, 2.75) is 56.7 Å². The molecule has 0 radical (unpaired) electrons. The molecular formula is C16H18F2O5. The second-order valence-corrected chi connectivity index (χ2v) is 5.82. The van der Waals surface area contributed by atoms with Gasteiger partial charge in [0, 0.05) is 5.56 Å². The fraction of sp³-hybridized carbons (Fsp3) is 0.562. The molecule has 1 unspecified atom stereocenters. The molecule has 2 aliphatic heterocycles. The van der Waals surface area contributed by atoms with Crippen LogP contribution >= 0.6 is 0 Å². The maximum Gasteiger partial charge on any atom is 0.387 e. The van der Waals surface area contributed by atoms with E-state index in [1.54, 1.807) is 6.07 Å². The first-order valence-electron chi connectivity index (χ1n) is 7.60. The standard InChI is InChI=1S/C16H18F2O5/c17-16(18)23-13-4-2-1-3-12(13)14(15(19)20)22-11-7-9-5-6-10(8-11)21-9/h1-4,9-11,14,16H,5-8H2,(H,19,20)/t9-,10+,11-,14?. The summed E-state index contributed by atoms with van der Waals surface area (Å²) in [5.74, 6) is -1.40. The number of carboxylic acid groups (broad SMARTS) is 1. The summed E-state index contributed by atoms with van der Waals surface area (Å²) in [6, 6.07) is 5.83. The minimum atomic E-state index is -3.02. The zero-order valence-corrected chi connectivity index (χ0v) is 12.4. The number of hydrogen-bond acceptors (Lipinski definition) is 4. The molecule has 126 valence electrons. The summed E-state index contributed by atoms with van der Waals surface area (Å²) in [5, 5.41) is 9.46. The minimum absolute atomic E-state index is 0.0964. The lowest BCUT2D eigenvalue weighted by Crippen LogP contribution is -2.33. The van der Waals surface area contributed by atoms with Gasteiger partial charge in [-0.15, -0.1) is 0 Å². The highest BCUT2D eigenvalue weighted by Gasteiger charge is 2.38. The molecule has 0 aliphatic carbocycles. The Kier molecular flexibility index (Phi) is 4.77. The van der Waals surface area contributed by atoms with Crippen LogP contribution < -0.4 is 4.74 Å². The number of ether oxygens (including phenoxy) is 3. The Morgan fingerprint density at radius 2 is 1.87 bits per heavy atom. The summed E-state index contributed by atoms with van der Waals surface area (Å²) in [6.07, 6.45) is 1.74. The van der Waals surface area contributed by atoms with Gasteiger partial charge >= 0.3 is 12.6 Å². The van der Waals surface area contributed by atoms with Crippen LogP contribution in [0.25, 0.3) is 0 Å². The van der Waals surface area contributed by atoms with Crippen molar-refractivity contribution in [3.8, 4) is 5.75 Å². The van der Waals surface area contributed by atoms with Gasteiger partial charge in [-0.05, 0) is 31.7 Å². The van der Waals surface area contributed by atoms with Crippen LogP contribution in [0.1, 0.15) is 37.4 Å². The topological polar surface area (TPSA) is 65.0 Å². The highest BCUT2D eigenvalue weighted by Crippen LogP contribution is 2.37. The Morgan fingerprint density at radius 1 is 1.22 bits per heavy atom. The molecule has 23 heavy (non-hydrogen) atoms. The highest BCUT2D eigenvalue weighted by molar-refractivity contribution is 5.75. The Labute approximate surface area is 132 Å². The van der Waals surface area contributed by atoms with Crippen molar-refractivity contribution in [2.75, 3.05) is 0 Å². The molecule has 2 heterocycles. The van der Waals surface area contributed by atoms with E-state index in [9.17, 15) is 18.7 Å². The second-order valence-electron chi connectivity index (χ2n) is 5.82. The maximum atomic E-state index is 12.5. The number of fused-ring (bicyclic) bond motifs is 2. The van der Waals surface area contributed by atoms with Crippen molar-refractivity contribution in [3.05, 3.63) is 29.8 Å². The molecule has 2 fully saturated rings. The normalized spacial score (nSPS) is 27.9. The van der Waals surface area contributed by atoms with Crippen molar-refractivity contribution >= 4 is 5.97 Å². The quantitative estimate of drug-likeness (QED) is 0.869. The Morgan fingerprint density at radius 3 is 2.48 bits per heavy atom. The smallest absolute Gasteiger partial charge is 0.387 e. The third kappa shape index (κ3) is 3.79. The van der Waals surface area contributed by atoms with Gasteiger partial charge in [0.25, 0.3) is 0 Å². The van der Waals surface area contributed by atoms with Crippen LogP contribution in [0.5, 0.6) is 5.75 Å². The average molecular weight is 328 g/mol. The van der Waals surface area contributed by atoms with Crippen molar-refractivity contribution in [3.63, 3.8) is 0 Å². The van der Waals surface area contributed by atoms with Crippen LogP contribution in [0.15, 0.2) is 24.3 Å². The Hall–Kier alpha value is -1.73. The van der Waals surface area contributed by atoms with Gasteiger partial charge in [-0.2, -0.15) is 8.78 Å². The van der Waals surface area contributed by atoms with Gasteiger partial charge in [-0.3, -0.25) is 0 Å². The van der Waals surface area contributed by atoms with Crippen LogP contribution in [-0.2, 0) is 14.3 Å². The van der Waals surface area contributed by atoms with E-state index in [2.05, 4.69) is 4.74 Å². The third-order valence-corrected chi connectivity index (χ3v) is 4.22. The first-order valence-corrected chi connectivity index (χ1v) is 7.60. The maximum absolute atomic E-state index is 12.5. The summed E-state index contributed by atoms with van der Waals surface area (Å²) in [7, 11) is 0. The van der Waals surface area contributed by atoms with Crippen LogP contribution in [0.3, 0.4) is 0 Å². The Bertz CT molecular complexity index is 553. The zero-order valence-electron chi connectivity index (χ0n) is 12.4. The molecule has 4 atom stereocenters. The summed E-state index contributed by atoms with van der Waals surface area (Å²) >= 11 is 0. The van der Waals surface area contributed by atoms with Crippen molar-refractivity contribution < 1.29 is 32.9 Å². The fourth-order valence-corrected chi connectivity index (χ4v) is 3.28. The van der Waals surface area contributed by atoms with Gasteiger partial charge in [0.05, 0.1) is 18.3 Å². The molecule has 2 bridgehead atoms. The predicted molar refractivity (Wildman–Crippen MR) is 75.5 cm³/mol. The number of para-hydroxylation sites is 1. The summed E-state index contributed by atoms with van der Waals surface area (Å²) in [6.45, 7) is -3.02. The molecule has 2 saturated heterocycles. The zero-order chi connectivity index (χ0) is 16.4. The van der Waals surface area contributed by atoms with Crippen molar-refractivity contribution in [2.24, 2.45) is 0 Å². The van der Waals surface area contributed by atoms with Crippen LogP contribution in [0.4, 0.5) is 8.78 Å². The summed E-state index contributed by atoms with van der Waals surface area (Å²) < 4.78 is 40.9. The lowest BCUT2D eigenvalue weighted by atomic mass is 10.0.